The zero-order valence-electron chi connectivity index (χ0n) is 8.57. The highest BCUT2D eigenvalue weighted by Crippen LogP contribution is 2.30. The average molecular weight is 199 g/mol. The van der Waals surface area contributed by atoms with Gasteiger partial charge in [0.15, 0.2) is 0 Å². The summed E-state index contributed by atoms with van der Waals surface area (Å²) in [6.07, 6.45) is 0. The molecule has 15 heavy (non-hydrogen) atoms. The van der Waals surface area contributed by atoms with Crippen molar-refractivity contribution in [3.8, 4) is 16.9 Å². The van der Waals surface area contributed by atoms with Crippen LogP contribution in [0.15, 0.2) is 42.5 Å². The molecule has 0 unspecified atom stereocenters. The van der Waals surface area contributed by atoms with Crippen LogP contribution in [0.1, 0.15) is 5.56 Å². The molecule has 0 fully saturated rings. The van der Waals surface area contributed by atoms with Crippen molar-refractivity contribution >= 4 is 5.69 Å². The van der Waals surface area contributed by atoms with Gasteiger partial charge in [0.25, 0.3) is 0 Å². The summed E-state index contributed by atoms with van der Waals surface area (Å²) >= 11 is 0. The molecule has 0 aliphatic heterocycles. The number of nitrogens with two attached hydrogens (primary N) is 1. The molecule has 0 aliphatic carbocycles. The number of hydrogen-bond acceptors (Lipinski definition) is 2. The Morgan fingerprint density at radius 2 is 1.67 bits per heavy atom. The molecule has 0 aromatic heterocycles. The van der Waals surface area contributed by atoms with E-state index in [-0.39, 0.29) is 5.75 Å². The number of nitrogen functional groups attached to an aromatic ring is 1. The van der Waals surface area contributed by atoms with Crippen LogP contribution >= 0.6 is 0 Å². The van der Waals surface area contributed by atoms with Crippen LogP contribution in [0.4, 0.5) is 5.69 Å². The van der Waals surface area contributed by atoms with Gasteiger partial charge in [-0.15, -0.1) is 0 Å². The van der Waals surface area contributed by atoms with E-state index in [0.717, 1.165) is 11.1 Å². The molecule has 76 valence electrons. The first-order valence-electron chi connectivity index (χ1n) is 4.82. The summed E-state index contributed by atoms with van der Waals surface area (Å²) in [4.78, 5) is 0. The molecule has 2 heteroatoms. The first kappa shape index (κ1) is 9.59. The molecule has 0 radical (unpaired) electrons. The topological polar surface area (TPSA) is 46.2 Å². The van der Waals surface area contributed by atoms with Crippen LogP contribution in [-0.4, -0.2) is 5.11 Å². The van der Waals surface area contributed by atoms with E-state index < -0.39 is 0 Å². The SMILES string of the molecule is Cc1ccc(-c2cc(N)ccc2O)cc1. The molecule has 2 aromatic carbocycles. The van der Waals surface area contributed by atoms with Gasteiger partial charge in [-0.2, -0.15) is 0 Å². The second-order valence-electron chi connectivity index (χ2n) is 3.64. The molecular weight excluding hydrogens is 186 g/mol. The third-order valence-corrected chi connectivity index (χ3v) is 2.38. The van der Waals surface area contributed by atoms with Gasteiger partial charge in [-0.25, -0.2) is 0 Å². The number of aryl methyl sites for hydroxylation is 1. The maximum absolute atomic E-state index is 9.70. The number of rotatable bonds is 1. The van der Waals surface area contributed by atoms with Crippen LogP contribution in [-0.2, 0) is 0 Å². The maximum Gasteiger partial charge on any atom is 0.123 e. The number of aromatic hydroxyl groups is 1. The molecule has 2 aromatic rings. The fourth-order valence-corrected chi connectivity index (χ4v) is 1.52. The van der Waals surface area contributed by atoms with Gasteiger partial charge in [0.05, 0.1) is 0 Å². The largest absolute Gasteiger partial charge is 0.507 e. The molecule has 0 saturated heterocycles. The molecule has 0 spiro atoms. The molecule has 0 amide bonds. The molecule has 0 heterocycles. The van der Waals surface area contributed by atoms with Crippen LogP contribution in [0.5, 0.6) is 5.75 Å². The van der Waals surface area contributed by atoms with Gasteiger partial charge >= 0.3 is 0 Å². The molecule has 0 bridgehead atoms. The zero-order chi connectivity index (χ0) is 10.8. The summed E-state index contributed by atoms with van der Waals surface area (Å²) in [5, 5.41) is 9.70. The Hall–Kier alpha value is -1.96. The Bertz CT molecular complexity index is 474. The van der Waals surface area contributed by atoms with Crippen molar-refractivity contribution in [1.29, 1.82) is 0 Å². The van der Waals surface area contributed by atoms with Gasteiger partial charge in [0, 0.05) is 11.3 Å². The Morgan fingerprint density at radius 1 is 1.00 bits per heavy atom. The smallest absolute Gasteiger partial charge is 0.123 e. The predicted octanol–water partition coefficient (Wildman–Crippen LogP) is 2.95. The minimum absolute atomic E-state index is 0.257. The molecular formula is C13H13NO. The van der Waals surface area contributed by atoms with Crippen molar-refractivity contribution in [3.05, 3.63) is 48.0 Å². The van der Waals surface area contributed by atoms with Gasteiger partial charge in [-0.3, -0.25) is 0 Å². The first-order chi connectivity index (χ1) is 7.16. The lowest BCUT2D eigenvalue weighted by Crippen LogP contribution is -1.86. The van der Waals surface area contributed by atoms with E-state index in [1.165, 1.54) is 5.56 Å². The van der Waals surface area contributed by atoms with Crippen molar-refractivity contribution in [3.63, 3.8) is 0 Å². The minimum Gasteiger partial charge on any atom is -0.507 e. The lowest BCUT2D eigenvalue weighted by atomic mass is 10.0. The summed E-state index contributed by atoms with van der Waals surface area (Å²) in [5.74, 6) is 0.257. The van der Waals surface area contributed by atoms with Crippen LogP contribution in [0.25, 0.3) is 11.1 Å². The Morgan fingerprint density at radius 3 is 2.33 bits per heavy atom. The third kappa shape index (κ3) is 1.94. The Balaban J connectivity index is 2.53. The standard InChI is InChI=1S/C13H13NO/c1-9-2-4-10(5-3-9)12-8-11(14)6-7-13(12)15/h2-8,15H,14H2,1H3. The molecule has 0 atom stereocenters. The van der Waals surface area contributed by atoms with E-state index in [2.05, 4.69) is 0 Å². The maximum atomic E-state index is 9.70. The van der Waals surface area contributed by atoms with E-state index in [9.17, 15) is 5.11 Å². The van der Waals surface area contributed by atoms with E-state index in [1.807, 2.05) is 31.2 Å². The van der Waals surface area contributed by atoms with Crippen molar-refractivity contribution in [2.45, 2.75) is 6.92 Å². The molecule has 2 rings (SSSR count). The van der Waals surface area contributed by atoms with E-state index in [4.69, 9.17) is 5.73 Å². The van der Waals surface area contributed by atoms with Gasteiger partial charge in [0.1, 0.15) is 5.75 Å². The molecule has 0 saturated carbocycles. The summed E-state index contributed by atoms with van der Waals surface area (Å²) in [6.45, 7) is 2.03. The summed E-state index contributed by atoms with van der Waals surface area (Å²) in [5.41, 5.74) is 9.29. The van der Waals surface area contributed by atoms with Crippen LogP contribution in [0, 0.1) is 6.92 Å². The van der Waals surface area contributed by atoms with Crippen molar-refractivity contribution in [2.75, 3.05) is 5.73 Å². The number of phenolic OH excluding ortho intramolecular Hbond substituents is 1. The zero-order valence-corrected chi connectivity index (χ0v) is 8.57. The van der Waals surface area contributed by atoms with Gasteiger partial charge in [0.2, 0.25) is 0 Å². The van der Waals surface area contributed by atoms with E-state index >= 15 is 0 Å². The van der Waals surface area contributed by atoms with Crippen molar-refractivity contribution in [2.24, 2.45) is 0 Å². The summed E-state index contributed by atoms with van der Waals surface area (Å²) in [7, 11) is 0. The Kier molecular flexibility index (Phi) is 2.34. The van der Waals surface area contributed by atoms with Crippen molar-refractivity contribution in [1.82, 2.24) is 0 Å². The molecule has 3 N–H and O–H groups in total. The fourth-order valence-electron chi connectivity index (χ4n) is 1.52. The second kappa shape index (κ2) is 3.65. The highest BCUT2D eigenvalue weighted by molar-refractivity contribution is 5.73. The lowest BCUT2D eigenvalue weighted by molar-refractivity contribution is 0.477. The van der Waals surface area contributed by atoms with E-state index in [1.54, 1.807) is 18.2 Å². The highest BCUT2D eigenvalue weighted by atomic mass is 16.3. The lowest BCUT2D eigenvalue weighted by Gasteiger charge is -2.06. The minimum atomic E-state index is 0.257. The third-order valence-electron chi connectivity index (χ3n) is 2.38. The van der Waals surface area contributed by atoms with Gasteiger partial charge in [-0.1, -0.05) is 29.8 Å². The number of phenols is 1. The number of benzene rings is 2. The van der Waals surface area contributed by atoms with Crippen molar-refractivity contribution < 1.29 is 5.11 Å². The van der Waals surface area contributed by atoms with Crippen LogP contribution in [0.3, 0.4) is 0 Å². The fraction of sp³-hybridized carbons (Fsp3) is 0.0769. The summed E-state index contributed by atoms with van der Waals surface area (Å²) < 4.78 is 0. The number of anilines is 1. The predicted molar refractivity (Wildman–Crippen MR) is 62.7 cm³/mol. The normalized spacial score (nSPS) is 10.2. The highest BCUT2D eigenvalue weighted by Gasteiger charge is 2.03. The molecule has 2 nitrogen and oxygen atoms in total. The number of hydrogen-bond donors (Lipinski definition) is 2. The second-order valence-corrected chi connectivity index (χ2v) is 3.64. The van der Waals surface area contributed by atoms with Crippen LogP contribution < -0.4 is 5.73 Å². The molecule has 0 aliphatic rings. The van der Waals surface area contributed by atoms with Gasteiger partial charge in [-0.05, 0) is 30.7 Å². The quantitative estimate of drug-likeness (QED) is 0.548. The van der Waals surface area contributed by atoms with Gasteiger partial charge < -0.3 is 10.8 Å². The average Bonchev–Trinajstić information content (AvgIpc) is 2.23. The monoisotopic (exact) mass is 199 g/mol. The Labute approximate surface area is 89.0 Å². The first-order valence-corrected chi connectivity index (χ1v) is 4.82. The summed E-state index contributed by atoms with van der Waals surface area (Å²) in [6, 6.07) is 13.1. The van der Waals surface area contributed by atoms with Crippen LogP contribution in [0.2, 0.25) is 0 Å². The van der Waals surface area contributed by atoms with E-state index in [0.29, 0.717) is 5.69 Å².